The predicted octanol–water partition coefficient (Wildman–Crippen LogP) is 3.00. The van der Waals surface area contributed by atoms with Crippen molar-refractivity contribution in [2.75, 3.05) is 18.0 Å². The lowest BCUT2D eigenvalue weighted by molar-refractivity contribution is 0.419. The summed E-state index contributed by atoms with van der Waals surface area (Å²) in [4.78, 5) is 2.32. The first-order valence-corrected chi connectivity index (χ1v) is 8.11. The second kappa shape index (κ2) is 7.00. The van der Waals surface area contributed by atoms with E-state index in [-0.39, 0.29) is 0 Å². The number of hydrogen-bond acceptors (Lipinski definition) is 4. The van der Waals surface area contributed by atoms with Crippen molar-refractivity contribution in [1.29, 1.82) is 0 Å². The number of hydrogen-bond donors (Lipinski definition) is 1. The maximum Gasteiger partial charge on any atom is 0.151 e. The summed E-state index contributed by atoms with van der Waals surface area (Å²) < 4.78 is 1.12. The SMILES string of the molecule is Brc1ccc(CNC2CCCN(c3cccnn3)C2)cc1. The summed E-state index contributed by atoms with van der Waals surface area (Å²) in [6.45, 7) is 2.97. The molecule has 1 aromatic carbocycles. The van der Waals surface area contributed by atoms with Crippen molar-refractivity contribution in [1.82, 2.24) is 15.5 Å². The average molecular weight is 347 g/mol. The van der Waals surface area contributed by atoms with Crippen LogP contribution in [0, 0.1) is 0 Å². The summed E-state index contributed by atoms with van der Waals surface area (Å²) in [6.07, 6.45) is 4.12. The molecule has 1 atom stereocenters. The van der Waals surface area contributed by atoms with Gasteiger partial charge in [-0.15, -0.1) is 5.10 Å². The first-order chi connectivity index (χ1) is 10.3. The quantitative estimate of drug-likeness (QED) is 0.923. The van der Waals surface area contributed by atoms with E-state index in [1.807, 2.05) is 12.1 Å². The van der Waals surface area contributed by atoms with Crippen LogP contribution < -0.4 is 10.2 Å². The van der Waals surface area contributed by atoms with Gasteiger partial charge < -0.3 is 10.2 Å². The Kier molecular flexibility index (Phi) is 4.83. The first-order valence-electron chi connectivity index (χ1n) is 7.32. The van der Waals surface area contributed by atoms with Crippen LogP contribution in [-0.4, -0.2) is 29.3 Å². The van der Waals surface area contributed by atoms with Gasteiger partial charge in [-0.25, -0.2) is 0 Å². The molecular formula is C16H19BrN4. The van der Waals surface area contributed by atoms with Crippen LogP contribution in [0.25, 0.3) is 0 Å². The first kappa shape index (κ1) is 14.5. The van der Waals surface area contributed by atoms with Gasteiger partial charge >= 0.3 is 0 Å². The van der Waals surface area contributed by atoms with Crippen molar-refractivity contribution >= 4 is 21.7 Å². The third-order valence-corrected chi connectivity index (χ3v) is 4.34. The minimum atomic E-state index is 0.504. The van der Waals surface area contributed by atoms with E-state index in [9.17, 15) is 0 Å². The number of aromatic nitrogens is 2. The Labute approximate surface area is 133 Å². The zero-order valence-corrected chi connectivity index (χ0v) is 13.5. The molecule has 0 spiro atoms. The standard InChI is InChI=1S/C16H19BrN4/c17-14-7-5-13(6-8-14)11-18-15-3-2-10-21(12-15)16-4-1-9-19-20-16/h1,4-9,15,18H,2-3,10-12H2. The zero-order valence-electron chi connectivity index (χ0n) is 11.9. The van der Waals surface area contributed by atoms with Crippen molar-refractivity contribution in [2.24, 2.45) is 0 Å². The smallest absolute Gasteiger partial charge is 0.151 e. The molecule has 0 saturated carbocycles. The van der Waals surface area contributed by atoms with Gasteiger partial charge in [-0.2, -0.15) is 5.10 Å². The fourth-order valence-electron chi connectivity index (χ4n) is 2.68. The fourth-order valence-corrected chi connectivity index (χ4v) is 2.94. The van der Waals surface area contributed by atoms with Crippen LogP contribution >= 0.6 is 15.9 Å². The number of benzene rings is 1. The summed E-state index contributed by atoms with van der Waals surface area (Å²) in [7, 11) is 0. The van der Waals surface area contributed by atoms with Crippen molar-refractivity contribution < 1.29 is 0 Å². The van der Waals surface area contributed by atoms with Crippen LogP contribution in [0.1, 0.15) is 18.4 Å². The van der Waals surface area contributed by atoms with E-state index in [1.54, 1.807) is 6.20 Å². The molecule has 3 rings (SSSR count). The molecule has 2 aromatic rings. The molecule has 4 nitrogen and oxygen atoms in total. The van der Waals surface area contributed by atoms with Crippen LogP contribution in [0.5, 0.6) is 0 Å². The van der Waals surface area contributed by atoms with Crippen molar-refractivity contribution in [3.63, 3.8) is 0 Å². The van der Waals surface area contributed by atoms with Crippen LogP contribution in [0.15, 0.2) is 47.1 Å². The molecule has 1 fully saturated rings. The number of piperidine rings is 1. The van der Waals surface area contributed by atoms with Gasteiger partial charge in [-0.05, 0) is 42.7 Å². The molecule has 0 amide bonds. The number of anilines is 1. The van der Waals surface area contributed by atoms with Crippen LogP contribution in [0.3, 0.4) is 0 Å². The minimum Gasteiger partial charge on any atom is -0.354 e. The molecule has 0 radical (unpaired) electrons. The summed E-state index contributed by atoms with van der Waals surface area (Å²) in [5, 5.41) is 11.8. The lowest BCUT2D eigenvalue weighted by Gasteiger charge is -2.33. The third kappa shape index (κ3) is 4.02. The van der Waals surface area contributed by atoms with Gasteiger partial charge in [-0.1, -0.05) is 28.1 Å². The van der Waals surface area contributed by atoms with Gasteiger partial charge in [0.15, 0.2) is 5.82 Å². The number of nitrogens with zero attached hydrogens (tertiary/aromatic N) is 3. The normalized spacial score (nSPS) is 18.7. The average Bonchev–Trinajstić information content (AvgIpc) is 2.55. The van der Waals surface area contributed by atoms with E-state index >= 15 is 0 Å². The third-order valence-electron chi connectivity index (χ3n) is 3.81. The number of halogens is 1. The molecule has 1 aromatic heterocycles. The fraction of sp³-hybridized carbons (Fsp3) is 0.375. The van der Waals surface area contributed by atoms with Gasteiger partial charge in [0.25, 0.3) is 0 Å². The Bertz CT molecular complexity index is 558. The van der Waals surface area contributed by atoms with Crippen LogP contribution in [-0.2, 0) is 6.54 Å². The number of nitrogens with one attached hydrogen (secondary N) is 1. The largest absolute Gasteiger partial charge is 0.354 e. The van der Waals surface area contributed by atoms with Gasteiger partial charge in [0.2, 0.25) is 0 Å². The van der Waals surface area contributed by atoms with Crippen molar-refractivity contribution in [3.05, 3.63) is 52.6 Å². The molecule has 0 bridgehead atoms. The molecule has 1 unspecified atom stereocenters. The predicted molar refractivity (Wildman–Crippen MR) is 88.2 cm³/mol. The Balaban J connectivity index is 1.55. The highest BCUT2D eigenvalue weighted by molar-refractivity contribution is 9.10. The summed E-state index contributed by atoms with van der Waals surface area (Å²) >= 11 is 3.47. The van der Waals surface area contributed by atoms with Crippen molar-refractivity contribution in [3.8, 4) is 0 Å². The Morgan fingerprint density at radius 1 is 1.24 bits per heavy atom. The molecule has 1 N–H and O–H groups in total. The highest BCUT2D eigenvalue weighted by Crippen LogP contribution is 2.17. The molecule has 0 aliphatic carbocycles. The topological polar surface area (TPSA) is 41.0 Å². The van der Waals surface area contributed by atoms with E-state index in [0.717, 1.165) is 29.9 Å². The summed E-state index contributed by atoms with van der Waals surface area (Å²) in [5.41, 5.74) is 1.31. The molecule has 1 saturated heterocycles. The lowest BCUT2D eigenvalue weighted by Crippen LogP contribution is -2.45. The van der Waals surface area contributed by atoms with E-state index in [4.69, 9.17) is 0 Å². The van der Waals surface area contributed by atoms with Gasteiger partial charge in [-0.3, -0.25) is 0 Å². The van der Waals surface area contributed by atoms with E-state index in [1.165, 1.54) is 18.4 Å². The second-order valence-electron chi connectivity index (χ2n) is 5.37. The zero-order chi connectivity index (χ0) is 14.5. The van der Waals surface area contributed by atoms with E-state index < -0.39 is 0 Å². The molecule has 21 heavy (non-hydrogen) atoms. The summed E-state index contributed by atoms with van der Waals surface area (Å²) in [5.74, 6) is 0.979. The lowest BCUT2D eigenvalue weighted by atomic mass is 10.1. The maximum atomic E-state index is 4.21. The molecule has 1 aliphatic rings. The minimum absolute atomic E-state index is 0.504. The Hall–Kier alpha value is -1.46. The highest BCUT2D eigenvalue weighted by Gasteiger charge is 2.20. The molecule has 110 valence electrons. The molecular weight excluding hydrogens is 328 g/mol. The van der Waals surface area contributed by atoms with Crippen molar-refractivity contribution in [2.45, 2.75) is 25.4 Å². The number of rotatable bonds is 4. The van der Waals surface area contributed by atoms with Gasteiger partial charge in [0.05, 0.1) is 0 Å². The van der Waals surface area contributed by atoms with Gasteiger partial charge in [0, 0.05) is 36.3 Å². The molecule has 1 aliphatic heterocycles. The second-order valence-corrected chi connectivity index (χ2v) is 6.29. The molecule has 5 heteroatoms. The summed E-state index contributed by atoms with van der Waals surface area (Å²) in [6, 6.07) is 13.0. The highest BCUT2D eigenvalue weighted by atomic mass is 79.9. The Morgan fingerprint density at radius 3 is 2.86 bits per heavy atom. The van der Waals surface area contributed by atoms with Gasteiger partial charge in [0.1, 0.15) is 0 Å². The van der Waals surface area contributed by atoms with Crippen LogP contribution in [0.2, 0.25) is 0 Å². The van der Waals surface area contributed by atoms with E-state index in [0.29, 0.717) is 6.04 Å². The van der Waals surface area contributed by atoms with E-state index in [2.05, 4.69) is 60.6 Å². The Morgan fingerprint density at radius 2 is 2.10 bits per heavy atom. The molecule has 2 heterocycles. The van der Waals surface area contributed by atoms with Crippen LogP contribution in [0.4, 0.5) is 5.82 Å². The monoisotopic (exact) mass is 346 g/mol. The maximum absolute atomic E-state index is 4.21.